The van der Waals surface area contributed by atoms with Crippen LogP contribution in [0, 0.1) is 0 Å². The molecule has 0 aromatic carbocycles. The molecule has 1 atom stereocenters. The van der Waals surface area contributed by atoms with Gasteiger partial charge < -0.3 is 14.9 Å². The maximum atomic E-state index is 10.2. The molecule has 9 heteroatoms. The molecule has 0 saturated heterocycles. The predicted octanol–water partition coefficient (Wildman–Crippen LogP) is -1.93. The molecule has 0 radical (unpaired) electrons. The molecule has 0 amide bonds. The van der Waals surface area contributed by atoms with Crippen molar-refractivity contribution in [1.82, 2.24) is 0 Å². The van der Waals surface area contributed by atoms with Gasteiger partial charge in [0.15, 0.2) is 0 Å². The Bertz CT molecular complexity index is 233. The molecule has 0 aromatic heterocycles. The summed E-state index contributed by atoms with van der Waals surface area (Å²) in [5.74, 6) is 0. The molecule has 0 rings (SSSR count). The predicted molar refractivity (Wildman–Crippen MR) is 39.2 cm³/mol. The lowest BCUT2D eigenvalue weighted by atomic mass is 10.4. The normalized spacial score (nSPS) is 15.0. The molecule has 0 bridgehead atoms. The van der Waals surface area contributed by atoms with Crippen molar-refractivity contribution in [2.24, 2.45) is 0 Å². The highest BCUT2D eigenvalue weighted by Crippen LogP contribution is 2.34. The van der Waals surface area contributed by atoms with E-state index < -0.39 is 37.5 Å². The zero-order valence-corrected chi connectivity index (χ0v) is 7.65. The second kappa shape index (κ2) is 4.90. The van der Waals surface area contributed by atoms with E-state index in [4.69, 9.17) is 14.9 Å². The molecule has 12 heavy (non-hydrogen) atoms. The third-order valence-corrected chi connectivity index (χ3v) is 2.08. The van der Waals surface area contributed by atoms with Gasteiger partial charge in [-0.25, -0.2) is 8.42 Å². The molecular formula is C3H9O7PS. The van der Waals surface area contributed by atoms with Crippen LogP contribution in [-0.2, 0) is 19.7 Å². The second-order valence-electron chi connectivity index (χ2n) is 2.02. The third kappa shape index (κ3) is 8.12. The first-order valence-corrected chi connectivity index (χ1v) is 5.70. The highest BCUT2D eigenvalue weighted by atomic mass is 32.2. The monoisotopic (exact) mass is 220 g/mol. The standard InChI is InChI=1S/C3H9O7PS/c4-3(1-10-12(8)9)2-11(5,6)7/h3-4,12H,1-2H2,(H2,5,6,7). The van der Waals surface area contributed by atoms with Crippen molar-refractivity contribution in [1.29, 1.82) is 0 Å². The van der Waals surface area contributed by atoms with E-state index in [0.29, 0.717) is 0 Å². The molecule has 0 fully saturated rings. The fourth-order valence-electron chi connectivity index (χ4n) is 0.474. The van der Waals surface area contributed by atoms with E-state index >= 15 is 0 Å². The third-order valence-electron chi connectivity index (χ3n) is 0.821. The number of aliphatic hydroxyl groups is 1. The van der Waals surface area contributed by atoms with E-state index in [1.54, 1.807) is 0 Å². The van der Waals surface area contributed by atoms with Gasteiger partial charge in [-0.2, -0.15) is 0 Å². The minimum Gasteiger partial charge on any atom is -0.390 e. The summed E-state index contributed by atoms with van der Waals surface area (Å²) in [7, 11) is -7.40. The molecule has 0 saturated carbocycles. The lowest BCUT2D eigenvalue weighted by Gasteiger charge is -2.08. The molecule has 0 aliphatic heterocycles. The topological polar surface area (TPSA) is 121 Å². The molecule has 0 spiro atoms. The van der Waals surface area contributed by atoms with Crippen molar-refractivity contribution in [2.45, 2.75) is 6.10 Å². The lowest BCUT2D eigenvalue weighted by molar-refractivity contribution is 0.126. The van der Waals surface area contributed by atoms with Crippen molar-refractivity contribution in [2.75, 3.05) is 12.8 Å². The Morgan fingerprint density at radius 3 is 2.25 bits per heavy atom. The smallest absolute Gasteiger partial charge is 0.328 e. The first-order valence-electron chi connectivity index (χ1n) is 2.81. The number of thiol groups is 1. The van der Waals surface area contributed by atoms with Crippen LogP contribution in [0.5, 0.6) is 0 Å². The zero-order chi connectivity index (χ0) is 9.78. The highest BCUT2D eigenvalue weighted by Gasteiger charge is 2.19. The molecule has 3 N–H and O–H groups in total. The number of hydrogen-bond donors (Lipinski definition) is 4. The van der Waals surface area contributed by atoms with Crippen molar-refractivity contribution < 1.29 is 32.1 Å². The van der Waals surface area contributed by atoms with Gasteiger partial charge in [0.2, 0.25) is 0 Å². The first kappa shape index (κ1) is 12.0. The van der Waals surface area contributed by atoms with E-state index in [-0.39, 0.29) is 0 Å². The summed E-state index contributed by atoms with van der Waals surface area (Å²) in [5, 5.41) is 8.75. The van der Waals surface area contributed by atoms with E-state index in [2.05, 4.69) is 4.18 Å². The average molecular weight is 220 g/mol. The lowest BCUT2D eigenvalue weighted by Crippen LogP contribution is -2.19. The molecular weight excluding hydrogens is 211 g/mol. The number of aliphatic hydroxyl groups excluding tert-OH is 1. The van der Waals surface area contributed by atoms with Crippen LogP contribution in [0.25, 0.3) is 0 Å². The SMILES string of the molecule is O=[SH](=O)OCC(O)CP(=O)(O)O. The molecule has 7 nitrogen and oxygen atoms in total. The van der Waals surface area contributed by atoms with Gasteiger partial charge in [-0.3, -0.25) is 8.75 Å². The summed E-state index contributed by atoms with van der Waals surface area (Å²) in [6, 6.07) is 0. The number of rotatable bonds is 5. The van der Waals surface area contributed by atoms with Crippen molar-refractivity contribution >= 4 is 18.6 Å². The van der Waals surface area contributed by atoms with Gasteiger partial charge in [0, 0.05) is 0 Å². The molecule has 0 aliphatic carbocycles. The molecule has 74 valence electrons. The Hall–Kier alpha value is 0.0200. The largest absolute Gasteiger partial charge is 0.390 e. The molecule has 1 unspecified atom stereocenters. The van der Waals surface area contributed by atoms with Crippen LogP contribution in [0.3, 0.4) is 0 Å². The van der Waals surface area contributed by atoms with Crippen LogP contribution in [0.15, 0.2) is 0 Å². The minimum absolute atomic E-state index is 0.635. The Morgan fingerprint density at radius 1 is 1.42 bits per heavy atom. The zero-order valence-electron chi connectivity index (χ0n) is 5.86. The van der Waals surface area contributed by atoms with Crippen LogP contribution in [0.2, 0.25) is 0 Å². The maximum absolute atomic E-state index is 10.2. The van der Waals surface area contributed by atoms with Crippen molar-refractivity contribution in [3.63, 3.8) is 0 Å². The Balaban J connectivity index is 3.75. The van der Waals surface area contributed by atoms with Crippen LogP contribution in [-0.4, -0.2) is 42.2 Å². The van der Waals surface area contributed by atoms with E-state index in [1.807, 2.05) is 0 Å². The Morgan fingerprint density at radius 2 is 1.92 bits per heavy atom. The van der Waals surface area contributed by atoms with Crippen molar-refractivity contribution in [3.8, 4) is 0 Å². The second-order valence-corrected chi connectivity index (χ2v) is 4.42. The van der Waals surface area contributed by atoms with Gasteiger partial charge in [-0.05, 0) is 0 Å². The minimum atomic E-state index is -4.31. The Labute approximate surface area is 70.3 Å². The summed E-state index contributed by atoms with van der Waals surface area (Å²) in [6.45, 7) is -0.635. The summed E-state index contributed by atoms with van der Waals surface area (Å²) in [6.07, 6.45) is -2.28. The van der Waals surface area contributed by atoms with Gasteiger partial charge in [0.1, 0.15) is 0 Å². The van der Waals surface area contributed by atoms with Crippen molar-refractivity contribution in [3.05, 3.63) is 0 Å². The fraction of sp³-hybridized carbons (Fsp3) is 1.00. The summed E-state index contributed by atoms with van der Waals surface area (Å²) < 4.78 is 33.7. The van der Waals surface area contributed by atoms with Crippen LogP contribution >= 0.6 is 7.60 Å². The van der Waals surface area contributed by atoms with Crippen LogP contribution in [0.4, 0.5) is 0 Å². The van der Waals surface area contributed by atoms with Crippen LogP contribution in [0.1, 0.15) is 0 Å². The molecule has 0 aliphatic rings. The quantitative estimate of drug-likeness (QED) is 0.314. The molecule has 0 heterocycles. The van der Waals surface area contributed by atoms with Crippen LogP contribution < -0.4 is 0 Å². The first-order chi connectivity index (χ1) is 5.31. The summed E-state index contributed by atoms with van der Waals surface area (Å²) in [5.41, 5.74) is 0. The van der Waals surface area contributed by atoms with E-state index in [1.165, 1.54) is 0 Å². The highest BCUT2D eigenvalue weighted by molar-refractivity contribution is 7.67. The van der Waals surface area contributed by atoms with E-state index in [9.17, 15) is 13.0 Å². The van der Waals surface area contributed by atoms with Gasteiger partial charge in [0.25, 0.3) is 11.0 Å². The average Bonchev–Trinajstić information content (AvgIpc) is 1.79. The van der Waals surface area contributed by atoms with E-state index in [0.717, 1.165) is 0 Å². The van der Waals surface area contributed by atoms with Gasteiger partial charge in [-0.1, -0.05) is 0 Å². The Kier molecular flexibility index (Phi) is 4.91. The summed E-state index contributed by atoms with van der Waals surface area (Å²) >= 11 is 0. The van der Waals surface area contributed by atoms with Gasteiger partial charge >= 0.3 is 7.60 Å². The van der Waals surface area contributed by atoms with Gasteiger partial charge in [-0.15, -0.1) is 0 Å². The summed E-state index contributed by atoms with van der Waals surface area (Å²) in [4.78, 5) is 16.6. The fourth-order valence-corrected chi connectivity index (χ4v) is 1.42. The number of hydrogen-bond acceptors (Lipinski definition) is 5. The maximum Gasteiger partial charge on any atom is 0.328 e. The molecule has 0 aromatic rings. The van der Waals surface area contributed by atoms with Gasteiger partial charge in [0.05, 0.1) is 18.9 Å².